The number of benzene rings is 1. The van der Waals surface area contributed by atoms with E-state index in [1.54, 1.807) is 6.20 Å². The Balaban J connectivity index is 2.33. The van der Waals surface area contributed by atoms with Crippen LogP contribution in [0.3, 0.4) is 0 Å². The smallest absolute Gasteiger partial charge is 0.151 e. The lowest BCUT2D eigenvalue weighted by atomic mass is 10.1. The molecule has 1 aromatic heterocycles. The quantitative estimate of drug-likeness (QED) is 0.872. The second kappa shape index (κ2) is 5.89. The number of hydrogen-bond donors (Lipinski definition) is 1. The second-order valence-corrected chi connectivity index (χ2v) is 5.02. The van der Waals surface area contributed by atoms with Gasteiger partial charge in [-0.2, -0.15) is 0 Å². The highest BCUT2D eigenvalue weighted by Gasteiger charge is 2.16. The number of para-hydroxylation sites is 1. The predicted molar refractivity (Wildman–Crippen MR) is 79.2 cm³/mol. The zero-order chi connectivity index (χ0) is 13.8. The van der Waals surface area contributed by atoms with Crippen LogP contribution in [0.2, 0.25) is 5.02 Å². The molecule has 0 radical (unpaired) electrons. The fourth-order valence-corrected chi connectivity index (χ4v) is 2.09. The molecule has 0 saturated heterocycles. The molecule has 0 unspecified atom stereocenters. The first-order valence-corrected chi connectivity index (χ1v) is 6.53. The molecule has 1 aromatic carbocycles. The van der Waals surface area contributed by atoms with Gasteiger partial charge in [-0.1, -0.05) is 29.8 Å². The van der Waals surface area contributed by atoms with Gasteiger partial charge in [0.05, 0.1) is 6.20 Å². The van der Waals surface area contributed by atoms with Crippen LogP contribution >= 0.6 is 11.6 Å². The van der Waals surface area contributed by atoms with Crippen LogP contribution in [0.1, 0.15) is 19.4 Å². The van der Waals surface area contributed by atoms with Gasteiger partial charge in [0, 0.05) is 18.3 Å². The van der Waals surface area contributed by atoms with Crippen LogP contribution in [0, 0.1) is 0 Å². The fraction of sp³-hybridized carbons (Fsp3) is 0.286. The van der Waals surface area contributed by atoms with Crippen LogP contribution in [0.5, 0.6) is 0 Å². The van der Waals surface area contributed by atoms with Crippen molar-refractivity contribution in [3.05, 3.63) is 47.4 Å². The molecule has 2 aromatic rings. The fourth-order valence-electron chi connectivity index (χ4n) is 1.88. The van der Waals surface area contributed by atoms with E-state index in [2.05, 4.69) is 28.7 Å². The lowest BCUT2D eigenvalue weighted by Gasteiger charge is -2.28. The first-order chi connectivity index (χ1) is 9.09. The molecule has 19 heavy (non-hydrogen) atoms. The maximum absolute atomic E-state index is 6.17. The minimum absolute atomic E-state index is 0.256. The Morgan fingerprint density at radius 1 is 1.32 bits per heavy atom. The zero-order valence-electron chi connectivity index (χ0n) is 11.0. The largest absolute Gasteiger partial charge is 0.398 e. The number of hydrogen-bond acceptors (Lipinski definition) is 4. The molecule has 0 saturated carbocycles. The Morgan fingerprint density at radius 3 is 2.68 bits per heavy atom. The first-order valence-electron chi connectivity index (χ1n) is 6.15. The van der Waals surface area contributed by atoms with Crippen molar-refractivity contribution in [1.82, 2.24) is 9.97 Å². The van der Waals surface area contributed by atoms with E-state index >= 15 is 0 Å². The van der Waals surface area contributed by atoms with E-state index in [9.17, 15) is 0 Å². The molecule has 0 fully saturated rings. The molecule has 0 atom stereocenters. The van der Waals surface area contributed by atoms with Crippen molar-refractivity contribution in [3.63, 3.8) is 0 Å². The SMILES string of the molecule is CC(C)N(Cc1ccccc1N)c1ncncc1Cl. The molecule has 100 valence electrons. The van der Waals surface area contributed by atoms with E-state index < -0.39 is 0 Å². The van der Waals surface area contributed by atoms with Gasteiger partial charge in [-0.3, -0.25) is 0 Å². The number of anilines is 2. The predicted octanol–water partition coefficient (Wildman–Crippen LogP) is 3.13. The number of aromatic nitrogens is 2. The van der Waals surface area contributed by atoms with Gasteiger partial charge in [-0.05, 0) is 25.5 Å². The average molecular weight is 277 g/mol. The Hall–Kier alpha value is -1.81. The van der Waals surface area contributed by atoms with E-state index in [4.69, 9.17) is 17.3 Å². The summed E-state index contributed by atoms with van der Waals surface area (Å²) in [5.41, 5.74) is 7.83. The van der Waals surface area contributed by atoms with Crippen LogP contribution in [-0.2, 0) is 6.54 Å². The molecule has 4 nitrogen and oxygen atoms in total. The molecule has 0 aliphatic rings. The lowest BCUT2D eigenvalue weighted by molar-refractivity contribution is 0.672. The van der Waals surface area contributed by atoms with Crippen molar-refractivity contribution in [2.24, 2.45) is 0 Å². The van der Waals surface area contributed by atoms with E-state index in [0.717, 1.165) is 17.1 Å². The van der Waals surface area contributed by atoms with Crippen molar-refractivity contribution in [3.8, 4) is 0 Å². The number of rotatable bonds is 4. The summed E-state index contributed by atoms with van der Waals surface area (Å²) in [4.78, 5) is 10.3. The third-order valence-electron chi connectivity index (χ3n) is 2.94. The van der Waals surface area contributed by atoms with Gasteiger partial charge >= 0.3 is 0 Å². The van der Waals surface area contributed by atoms with E-state index in [1.807, 2.05) is 24.3 Å². The van der Waals surface area contributed by atoms with Crippen LogP contribution in [0.15, 0.2) is 36.8 Å². The summed E-state index contributed by atoms with van der Waals surface area (Å²) in [6.45, 7) is 4.86. The number of nitrogens with zero attached hydrogens (tertiary/aromatic N) is 3. The third-order valence-corrected chi connectivity index (χ3v) is 3.21. The number of nitrogens with two attached hydrogens (primary N) is 1. The minimum Gasteiger partial charge on any atom is -0.398 e. The van der Waals surface area contributed by atoms with Crippen LogP contribution in [0.4, 0.5) is 11.5 Å². The minimum atomic E-state index is 0.256. The zero-order valence-corrected chi connectivity index (χ0v) is 11.8. The molecular weight excluding hydrogens is 260 g/mol. The highest BCUT2D eigenvalue weighted by Crippen LogP contribution is 2.26. The molecule has 0 bridgehead atoms. The molecule has 0 aliphatic carbocycles. The monoisotopic (exact) mass is 276 g/mol. The van der Waals surface area contributed by atoms with E-state index in [-0.39, 0.29) is 6.04 Å². The van der Waals surface area contributed by atoms with Crippen molar-refractivity contribution >= 4 is 23.1 Å². The first kappa shape index (κ1) is 13.6. The van der Waals surface area contributed by atoms with Crippen molar-refractivity contribution in [2.45, 2.75) is 26.4 Å². The van der Waals surface area contributed by atoms with Crippen molar-refractivity contribution in [2.75, 3.05) is 10.6 Å². The van der Waals surface area contributed by atoms with Crippen molar-refractivity contribution in [1.29, 1.82) is 0 Å². The molecule has 1 heterocycles. The van der Waals surface area contributed by atoms with Gasteiger partial charge in [0.25, 0.3) is 0 Å². The summed E-state index contributed by atoms with van der Waals surface area (Å²) in [6.07, 6.45) is 3.11. The van der Waals surface area contributed by atoms with Crippen LogP contribution in [-0.4, -0.2) is 16.0 Å². The second-order valence-electron chi connectivity index (χ2n) is 4.61. The summed E-state index contributed by atoms with van der Waals surface area (Å²) >= 11 is 6.17. The normalized spacial score (nSPS) is 10.7. The van der Waals surface area contributed by atoms with Crippen molar-refractivity contribution < 1.29 is 0 Å². The van der Waals surface area contributed by atoms with E-state index in [0.29, 0.717) is 11.6 Å². The average Bonchev–Trinajstić information content (AvgIpc) is 2.38. The molecule has 2 N–H and O–H groups in total. The van der Waals surface area contributed by atoms with Gasteiger partial charge in [-0.25, -0.2) is 9.97 Å². The molecule has 5 heteroatoms. The standard InChI is InChI=1S/C14H17ClN4/c1-10(2)19(14-12(15)7-17-9-18-14)8-11-5-3-4-6-13(11)16/h3-7,9-10H,8,16H2,1-2H3. The Kier molecular flexibility index (Phi) is 4.22. The Bertz CT molecular complexity index is 557. The topological polar surface area (TPSA) is 55.0 Å². The lowest BCUT2D eigenvalue weighted by Crippen LogP contribution is -2.31. The maximum Gasteiger partial charge on any atom is 0.151 e. The summed E-state index contributed by atoms with van der Waals surface area (Å²) in [6, 6.07) is 8.07. The molecule has 0 aliphatic heterocycles. The maximum atomic E-state index is 6.17. The number of halogens is 1. The molecule has 0 amide bonds. The summed E-state index contributed by atoms with van der Waals surface area (Å²) in [5.74, 6) is 0.731. The van der Waals surface area contributed by atoms with Gasteiger partial charge in [-0.15, -0.1) is 0 Å². The van der Waals surface area contributed by atoms with E-state index in [1.165, 1.54) is 6.33 Å². The summed E-state index contributed by atoms with van der Waals surface area (Å²) in [5, 5.41) is 0.547. The Morgan fingerprint density at radius 2 is 2.05 bits per heavy atom. The number of nitrogen functional groups attached to an aromatic ring is 1. The van der Waals surface area contributed by atoms with Gasteiger partial charge in [0.1, 0.15) is 11.3 Å². The van der Waals surface area contributed by atoms with Crippen LogP contribution < -0.4 is 10.6 Å². The van der Waals surface area contributed by atoms with Gasteiger partial charge in [0.2, 0.25) is 0 Å². The van der Waals surface area contributed by atoms with Gasteiger partial charge < -0.3 is 10.6 Å². The molecule has 2 rings (SSSR count). The van der Waals surface area contributed by atoms with Gasteiger partial charge in [0.15, 0.2) is 5.82 Å². The third kappa shape index (κ3) is 3.15. The summed E-state index contributed by atoms with van der Waals surface area (Å²) < 4.78 is 0. The molecular formula is C14H17ClN4. The highest BCUT2D eigenvalue weighted by atomic mass is 35.5. The highest BCUT2D eigenvalue weighted by molar-refractivity contribution is 6.32. The summed E-state index contributed by atoms with van der Waals surface area (Å²) in [7, 11) is 0. The van der Waals surface area contributed by atoms with Crippen LogP contribution in [0.25, 0.3) is 0 Å². The molecule has 0 spiro atoms. The Labute approximate surface area is 118 Å².